The number of nitrogens with zero attached hydrogens (tertiary/aromatic N) is 3. The molecule has 0 bridgehead atoms. The molecule has 0 saturated carbocycles. The van der Waals surface area contributed by atoms with Gasteiger partial charge in [0.15, 0.2) is 0 Å². The van der Waals surface area contributed by atoms with E-state index in [2.05, 4.69) is 29.5 Å². The zero-order valence-electron chi connectivity index (χ0n) is 8.25. The molecule has 1 aliphatic heterocycles. The first-order valence-electron chi connectivity index (χ1n) is 4.93. The molecule has 2 rings (SSSR count). The van der Waals surface area contributed by atoms with Crippen LogP contribution in [0.15, 0.2) is 0 Å². The van der Waals surface area contributed by atoms with Crippen molar-refractivity contribution in [2.45, 2.75) is 32.7 Å². The van der Waals surface area contributed by atoms with E-state index in [0.29, 0.717) is 5.92 Å². The average molecular weight is 180 g/mol. The molecule has 1 aromatic rings. The fourth-order valence-electron chi connectivity index (χ4n) is 1.94. The van der Waals surface area contributed by atoms with Crippen LogP contribution in [-0.4, -0.2) is 28.1 Å². The summed E-state index contributed by atoms with van der Waals surface area (Å²) >= 11 is 0. The maximum absolute atomic E-state index is 4.24. The molecule has 13 heavy (non-hydrogen) atoms. The van der Waals surface area contributed by atoms with Gasteiger partial charge in [-0.15, -0.1) is 5.10 Å². The normalized spacial score (nSPS) is 22.5. The minimum absolute atomic E-state index is 0.584. The molecule has 1 saturated heterocycles. The van der Waals surface area contributed by atoms with Gasteiger partial charge in [-0.05, 0) is 26.8 Å². The molecule has 1 atom stereocenters. The number of rotatable bonds is 2. The van der Waals surface area contributed by atoms with E-state index >= 15 is 0 Å². The molecule has 1 N–H and O–H groups in total. The number of aryl methyl sites for hydroxylation is 1. The molecule has 0 radical (unpaired) electrons. The quantitative estimate of drug-likeness (QED) is 0.728. The minimum atomic E-state index is 0.584. The van der Waals surface area contributed by atoms with E-state index in [9.17, 15) is 0 Å². The first-order valence-corrected chi connectivity index (χ1v) is 4.93. The number of aromatic nitrogens is 3. The van der Waals surface area contributed by atoms with Gasteiger partial charge in [0.25, 0.3) is 0 Å². The Morgan fingerprint density at radius 2 is 2.46 bits per heavy atom. The third kappa shape index (κ3) is 1.46. The van der Waals surface area contributed by atoms with E-state index in [-0.39, 0.29) is 0 Å². The molecule has 0 aliphatic carbocycles. The lowest BCUT2D eigenvalue weighted by Gasteiger charge is -2.05. The summed E-state index contributed by atoms with van der Waals surface area (Å²) in [5, 5.41) is 11.7. The van der Waals surface area contributed by atoms with Crippen LogP contribution < -0.4 is 5.32 Å². The van der Waals surface area contributed by atoms with Crippen LogP contribution in [0.5, 0.6) is 0 Å². The SMILES string of the molecule is CCn1nnc(C2CCNC2)c1C. The van der Waals surface area contributed by atoms with Crippen molar-refractivity contribution >= 4 is 0 Å². The Labute approximate surface area is 78.3 Å². The van der Waals surface area contributed by atoms with E-state index in [1.165, 1.54) is 17.8 Å². The Morgan fingerprint density at radius 3 is 3.00 bits per heavy atom. The topological polar surface area (TPSA) is 42.7 Å². The summed E-state index contributed by atoms with van der Waals surface area (Å²) in [7, 11) is 0. The fraction of sp³-hybridized carbons (Fsp3) is 0.778. The zero-order valence-corrected chi connectivity index (χ0v) is 8.25. The van der Waals surface area contributed by atoms with Crippen molar-refractivity contribution in [3.63, 3.8) is 0 Å². The van der Waals surface area contributed by atoms with Gasteiger partial charge in [-0.2, -0.15) is 0 Å². The Bertz CT molecular complexity index is 286. The van der Waals surface area contributed by atoms with Crippen LogP contribution in [-0.2, 0) is 6.54 Å². The van der Waals surface area contributed by atoms with E-state index in [1.54, 1.807) is 0 Å². The van der Waals surface area contributed by atoms with Gasteiger partial charge in [0.2, 0.25) is 0 Å². The highest BCUT2D eigenvalue weighted by Crippen LogP contribution is 2.22. The molecule has 1 fully saturated rings. The lowest BCUT2D eigenvalue weighted by Crippen LogP contribution is -2.09. The highest BCUT2D eigenvalue weighted by atomic mass is 15.4. The van der Waals surface area contributed by atoms with Crippen LogP contribution in [0.25, 0.3) is 0 Å². The molecular weight excluding hydrogens is 164 g/mol. The standard InChI is InChI=1S/C9H16N4/c1-3-13-7(2)9(11-12-13)8-4-5-10-6-8/h8,10H,3-6H2,1-2H3. The number of hydrogen-bond donors (Lipinski definition) is 1. The van der Waals surface area contributed by atoms with Crippen LogP contribution in [0.3, 0.4) is 0 Å². The first kappa shape index (κ1) is 8.69. The van der Waals surface area contributed by atoms with E-state index < -0.39 is 0 Å². The summed E-state index contributed by atoms with van der Waals surface area (Å²) in [6.07, 6.45) is 1.20. The van der Waals surface area contributed by atoms with Crippen LogP contribution >= 0.6 is 0 Å². The van der Waals surface area contributed by atoms with E-state index in [0.717, 1.165) is 19.6 Å². The van der Waals surface area contributed by atoms with E-state index in [4.69, 9.17) is 0 Å². The van der Waals surface area contributed by atoms with Crippen molar-refractivity contribution in [2.75, 3.05) is 13.1 Å². The van der Waals surface area contributed by atoms with Crippen molar-refractivity contribution in [1.29, 1.82) is 0 Å². The third-order valence-electron chi connectivity index (χ3n) is 2.76. The smallest absolute Gasteiger partial charge is 0.0900 e. The number of hydrogen-bond acceptors (Lipinski definition) is 3. The molecule has 0 aromatic carbocycles. The maximum atomic E-state index is 4.24. The molecule has 1 unspecified atom stereocenters. The molecule has 4 heteroatoms. The molecule has 1 aliphatic rings. The zero-order chi connectivity index (χ0) is 9.26. The van der Waals surface area contributed by atoms with Gasteiger partial charge in [-0.25, -0.2) is 4.68 Å². The summed E-state index contributed by atoms with van der Waals surface area (Å²) in [6, 6.07) is 0. The summed E-state index contributed by atoms with van der Waals surface area (Å²) in [6.45, 7) is 7.29. The average Bonchev–Trinajstić information content (AvgIpc) is 2.72. The lowest BCUT2D eigenvalue weighted by molar-refractivity contribution is 0.611. The monoisotopic (exact) mass is 180 g/mol. The van der Waals surface area contributed by atoms with Crippen molar-refractivity contribution in [1.82, 2.24) is 20.3 Å². The van der Waals surface area contributed by atoms with Crippen LogP contribution in [0.1, 0.15) is 30.7 Å². The molecule has 0 amide bonds. The van der Waals surface area contributed by atoms with Crippen molar-refractivity contribution in [3.05, 3.63) is 11.4 Å². The van der Waals surface area contributed by atoms with Gasteiger partial charge in [-0.3, -0.25) is 0 Å². The summed E-state index contributed by atoms with van der Waals surface area (Å²) in [4.78, 5) is 0. The Kier molecular flexibility index (Phi) is 2.31. The Morgan fingerprint density at radius 1 is 1.62 bits per heavy atom. The maximum Gasteiger partial charge on any atom is 0.0900 e. The number of nitrogens with one attached hydrogen (secondary N) is 1. The summed E-state index contributed by atoms with van der Waals surface area (Å²) in [5.41, 5.74) is 2.42. The van der Waals surface area contributed by atoms with Gasteiger partial charge in [0.05, 0.1) is 11.4 Å². The second-order valence-corrected chi connectivity index (χ2v) is 3.57. The minimum Gasteiger partial charge on any atom is -0.316 e. The Balaban J connectivity index is 2.24. The highest BCUT2D eigenvalue weighted by molar-refractivity contribution is 5.15. The van der Waals surface area contributed by atoms with Crippen LogP contribution in [0.4, 0.5) is 0 Å². The van der Waals surface area contributed by atoms with Crippen LogP contribution in [0.2, 0.25) is 0 Å². The van der Waals surface area contributed by atoms with Crippen molar-refractivity contribution in [3.8, 4) is 0 Å². The lowest BCUT2D eigenvalue weighted by atomic mass is 10.0. The molecule has 2 heterocycles. The predicted octanol–water partition coefficient (Wildman–Crippen LogP) is 0.683. The Hall–Kier alpha value is -0.900. The summed E-state index contributed by atoms with van der Waals surface area (Å²) < 4.78 is 1.97. The van der Waals surface area contributed by atoms with Crippen molar-refractivity contribution in [2.24, 2.45) is 0 Å². The first-order chi connectivity index (χ1) is 6.33. The van der Waals surface area contributed by atoms with Gasteiger partial charge >= 0.3 is 0 Å². The second-order valence-electron chi connectivity index (χ2n) is 3.57. The third-order valence-corrected chi connectivity index (χ3v) is 2.76. The van der Waals surface area contributed by atoms with Crippen LogP contribution in [0, 0.1) is 6.92 Å². The van der Waals surface area contributed by atoms with Gasteiger partial charge in [0, 0.05) is 19.0 Å². The molecule has 4 nitrogen and oxygen atoms in total. The van der Waals surface area contributed by atoms with Gasteiger partial charge in [0.1, 0.15) is 0 Å². The van der Waals surface area contributed by atoms with Gasteiger partial charge in [-0.1, -0.05) is 5.21 Å². The molecule has 72 valence electrons. The highest BCUT2D eigenvalue weighted by Gasteiger charge is 2.22. The fourth-order valence-corrected chi connectivity index (χ4v) is 1.94. The van der Waals surface area contributed by atoms with Crippen molar-refractivity contribution < 1.29 is 0 Å². The molecule has 1 aromatic heterocycles. The van der Waals surface area contributed by atoms with E-state index in [1.807, 2.05) is 4.68 Å². The molecular formula is C9H16N4. The molecule has 0 spiro atoms. The largest absolute Gasteiger partial charge is 0.316 e. The van der Waals surface area contributed by atoms with Gasteiger partial charge < -0.3 is 5.32 Å². The summed E-state index contributed by atoms with van der Waals surface area (Å²) in [5.74, 6) is 0.584. The second kappa shape index (κ2) is 3.46. The predicted molar refractivity (Wildman–Crippen MR) is 50.7 cm³/mol.